The van der Waals surface area contributed by atoms with Gasteiger partial charge in [0.1, 0.15) is 6.61 Å². The van der Waals surface area contributed by atoms with Crippen molar-refractivity contribution in [2.75, 3.05) is 13.7 Å². The molecular weight excluding hydrogens is 388 g/mol. The Kier molecular flexibility index (Phi) is 6.72. The number of terminal acetylenes is 1. The number of halogens is 3. The second kappa shape index (κ2) is 8.11. The number of methoxy groups -OCH3 is 1. The van der Waals surface area contributed by atoms with Gasteiger partial charge in [-0.15, -0.1) is 6.42 Å². The van der Waals surface area contributed by atoms with Crippen molar-refractivity contribution in [3.05, 3.63) is 35.9 Å². The van der Waals surface area contributed by atoms with Crippen LogP contribution in [0.2, 0.25) is 0 Å². The number of benzene rings is 1. The lowest BCUT2D eigenvalue weighted by Gasteiger charge is -2.39. The van der Waals surface area contributed by atoms with Crippen LogP contribution < -0.4 is 0 Å². The maximum absolute atomic E-state index is 14.0. The summed E-state index contributed by atoms with van der Waals surface area (Å²) in [5.74, 6) is 0.730. The van der Waals surface area contributed by atoms with E-state index in [1.807, 2.05) is 0 Å². The van der Waals surface area contributed by atoms with E-state index >= 15 is 0 Å². The molecule has 0 aliphatic rings. The first-order chi connectivity index (χ1) is 11.2. The number of carbonyl (C=O) groups is 2. The zero-order valence-corrected chi connectivity index (χ0v) is 14.7. The van der Waals surface area contributed by atoms with Gasteiger partial charge in [0.25, 0.3) is 0 Å². The van der Waals surface area contributed by atoms with Crippen molar-refractivity contribution in [2.45, 2.75) is 23.9 Å². The Morgan fingerprint density at radius 1 is 1.33 bits per heavy atom. The normalized spacial score (nSPS) is 13.3. The van der Waals surface area contributed by atoms with Gasteiger partial charge in [0, 0.05) is 0 Å². The quantitative estimate of drug-likeness (QED) is 0.415. The van der Waals surface area contributed by atoms with E-state index in [2.05, 4.69) is 26.6 Å². The molecule has 1 amide bonds. The summed E-state index contributed by atoms with van der Waals surface area (Å²) in [6.07, 6.45) is 3.98. The largest absolute Gasteiger partial charge is 0.467 e. The first-order valence-corrected chi connectivity index (χ1v) is 7.54. The standard InChI is InChI=1S/C16H16BrF2NO4/c1-4-10-20(15(2,13(21)23-3)16(17,18)19)14(22)24-11-12-8-6-5-7-9-12/h1,5-9H,10-11H2,2-3H3. The third kappa shape index (κ3) is 4.23. The molecule has 1 rings (SSSR count). The molecule has 0 bridgehead atoms. The lowest BCUT2D eigenvalue weighted by Crippen LogP contribution is -2.63. The molecule has 1 aromatic rings. The molecule has 0 fully saturated rings. The molecular formula is C16H16BrF2NO4. The van der Waals surface area contributed by atoms with E-state index in [0.29, 0.717) is 10.5 Å². The molecule has 5 nitrogen and oxygen atoms in total. The van der Waals surface area contributed by atoms with Gasteiger partial charge in [0.2, 0.25) is 5.54 Å². The molecule has 24 heavy (non-hydrogen) atoms. The van der Waals surface area contributed by atoms with Crippen molar-refractivity contribution < 1.29 is 27.8 Å². The second-order valence-corrected chi connectivity index (χ2v) is 5.89. The van der Waals surface area contributed by atoms with Gasteiger partial charge in [0.05, 0.1) is 13.7 Å². The Labute approximate surface area is 147 Å². The Morgan fingerprint density at radius 3 is 2.38 bits per heavy atom. The lowest BCUT2D eigenvalue weighted by molar-refractivity contribution is -0.166. The molecule has 0 aliphatic carbocycles. The van der Waals surface area contributed by atoms with Gasteiger partial charge >= 0.3 is 16.9 Å². The molecule has 0 saturated heterocycles. The number of rotatable bonds is 6. The zero-order valence-electron chi connectivity index (χ0n) is 13.1. The molecule has 0 heterocycles. The van der Waals surface area contributed by atoms with Crippen LogP contribution in [0.1, 0.15) is 12.5 Å². The summed E-state index contributed by atoms with van der Waals surface area (Å²) in [4.78, 5) is 20.9. The maximum Gasteiger partial charge on any atom is 0.412 e. The van der Waals surface area contributed by atoms with Crippen LogP contribution in [0.3, 0.4) is 0 Å². The number of hydrogen-bond donors (Lipinski definition) is 0. The fourth-order valence-corrected chi connectivity index (χ4v) is 2.25. The molecule has 8 heteroatoms. The van der Waals surface area contributed by atoms with Crippen molar-refractivity contribution in [3.8, 4) is 12.3 Å². The Bertz CT molecular complexity index is 627. The van der Waals surface area contributed by atoms with Gasteiger partial charge in [0.15, 0.2) is 0 Å². The smallest absolute Gasteiger partial charge is 0.412 e. The minimum absolute atomic E-state index is 0.161. The van der Waals surface area contributed by atoms with Gasteiger partial charge < -0.3 is 9.47 Å². The van der Waals surface area contributed by atoms with Gasteiger partial charge in [-0.1, -0.05) is 36.3 Å². The summed E-state index contributed by atoms with van der Waals surface area (Å²) < 4.78 is 37.4. The zero-order chi connectivity index (χ0) is 18.4. The number of amides is 1. The molecule has 1 atom stereocenters. The minimum atomic E-state index is -3.80. The number of hydrogen-bond acceptors (Lipinski definition) is 4. The number of ether oxygens (including phenoxy) is 2. The van der Waals surface area contributed by atoms with Gasteiger partial charge in [-0.05, 0) is 28.4 Å². The van der Waals surface area contributed by atoms with E-state index in [1.54, 1.807) is 30.3 Å². The van der Waals surface area contributed by atoms with E-state index in [0.717, 1.165) is 14.0 Å². The molecule has 0 aliphatic heterocycles. The highest BCUT2D eigenvalue weighted by molar-refractivity contribution is 9.10. The third-order valence-corrected chi connectivity index (χ3v) is 4.12. The number of carbonyl (C=O) groups excluding carboxylic acids is 2. The van der Waals surface area contributed by atoms with Crippen LogP contribution >= 0.6 is 15.9 Å². The minimum Gasteiger partial charge on any atom is -0.467 e. The number of esters is 1. The fourth-order valence-electron chi connectivity index (χ4n) is 1.87. The van der Waals surface area contributed by atoms with Crippen molar-refractivity contribution in [3.63, 3.8) is 0 Å². The first kappa shape index (κ1) is 19.9. The highest BCUT2D eigenvalue weighted by Crippen LogP contribution is 2.40. The Balaban J connectivity index is 3.07. The van der Waals surface area contributed by atoms with E-state index in [9.17, 15) is 18.4 Å². The summed E-state index contributed by atoms with van der Waals surface area (Å²) >= 11 is 2.13. The van der Waals surface area contributed by atoms with Crippen LogP contribution in [0, 0.1) is 12.3 Å². The van der Waals surface area contributed by atoms with Crippen LogP contribution in [0.15, 0.2) is 30.3 Å². The number of alkyl halides is 3. The summed E-state index contributed by atoms with van der Waals surface area (Å²) in [7, 11) is 0.933. The number of nitrogens with zero attached hydrogens (tertiary/aromatic N) is 1. The predicted molar refractivity (Wildman–Crippen MR) is 86.5 cm³/mol. The van der Waals surface area contributed by atoms with Gasteiger partial charge in [-0.25, -0.2) is 9.59 Å². The van der Waals surface area contributed by atoms with Gasteiger partial charge in [-0.3, -0.25) is 4.90 Å². The van der Waals surface area contributed by atoms with Crippen LogP contribution in [0.25, 0.3) is 0 Å². The fraction of sp³-hybridized carbons (Fsp3) is 0.375. The lowest BCUT2D eigenvalue weighted by atomic mass is 10.0. The predicted octanol–water partition coefficient (Wildman–Crippen LogP) is 3.18. The molecule has 1 aromatic carbocycles. The van der Waals surface area contributed by atoms with Crippen LogP contribution in [0.5, 0.6) is 0 Å². The van der Waals surface area contributed by atoms with Crippen molar-refractivity contribution in [1.82, 2.24) is 4.90 Å². The highest BCUT2D eigenvalue weighted by atomic mass is 79.9. The topological polar surface area (TPSA) is 55.8 Å². The third-order valence-electron chi connectivity index (χ3n) is 3.35. The molecule has 130 valence electrons. The van der Waals surface area contributed by atoms with E-state index < -0.39 is 29.0 Å². The summed E-state index contributed by atoms with van der Waals surface area (Å²) in [5.41, 5.74) is -2.03. The second-order valence-electron chi connectivity index (χ2n) is 4.89. The SMILES string of the molecule is C#CCN(C(=O)OCc1ccccc1)C(C)(C(=O)OC)C(F)(F)Br. The Morgan fingerprint density at radius 2 is 1.92 bits per heavy atom. The molecule has 0 radical (unpaired) electrons. The molecule has 0 spiro atoms. The molecule has 0 saturated carbocycles. The van der Waals surface area contributed by atoms with E-state index in [-0.39, 0.29) is 6.61 Å². The van der Waals surface area contributed by atoms with Crippen LogP contribution in [0.4, 0.5) is 13.6 Å². The maximum atomic E-state index is 14.0. The average Bonchev–Trinajstić information content (AvgIpc) is 2.56. The monoisotopic (exact) mass is 403 g/mol. The first-order valence-electron chi connectivity index (χ1n) is 6.75. The van der Waals surface area contributed by atoms with Crippen molar-refractivity contribution in [2.24, 2.45) is 0 Å². The molecule has 0 N–H and O–H groups in total. The average molecular weight is 404 g/mol. The molecule has 1 unspecified atom stereocenters. The summed E-state index contributed by atoms with van der Waals surface area (Å²) in [6, 6.07) is 8.62. The summed E-state index contributed by atoms with van der Waals surface area (Å²) in [5, 5.41) is 0. The molecule has 0 aromatic heterocycles. The summed E-state index contributed by atoms with van der Waals surface area (Å²) in [6.45, 7) is 0.112. The van der Waals surface area contributed by atoms with Crippen LogP contribution in [-0.4, -0.2) is 41.0 Å². The van der Waals surface area contributed by atoms with Crippen LogP contribution in [-0.2, 0) is 20.9 Å². The van der Waals surface area contributed by atoms with E-state index in [4.69, 9.17) is 11.2 Å². The van der Waals surface area contributed by atoms with Crippen molar-refractivity contribution in [1.29, 1.82) is 0 Å². The van der Waals surface area contributed by atoms with Crippen molar-refractivity contribution >= 4 is 28.0 Å². The highest BCUT2D eigenvalue weighted by Gasteiger charge is 2.61. The van der Waals surface area contributed by atoms with E-state index in [1.165, 1.54) is 0 Å². The van der Waals surface area contributed by atoms with Gasteiger partial charge in [-0.2, -0.15) is 8.78 Å². The Hall–Kier alpha value is -2.14.